The minimum atomic E-state index is -4.08. The molecule has 1 unspecified atom stereocenters. The molecular weight excluding hydrogens is 811 g/mol. The molecule has 0 aliphatic carbocycles. The van der Waals surface area contributed by atoms with Crippen LogP contribution in [0, 0.1) is 11.6 Å². The number of nitrogens with one attached hydrogen (secondary N) is 1. The Morgan fingerprint density at radius 3 is 2.55 bits per heavy atom. The zero-order chi connectivity index (χ0) is 42.4. The Bertz CT molecular complexity index is 2720. The van der Waals surface area contributed by atoms with Gasteiger partial charge in [0.05, 0.1) is 40.3 Å². The SMILES string of the molecule is CCOC(=O)CCc1cccc(C(C)(CCSCCO)c2nc(-c3cc(Oc4c(F)cc5c(ccn5S(=O)(=O)c5ccccc5)c4Cc4cc[nH]n4)ccc3F)n(C)n2)c1. The van der Waals surface area contributed by atoms with Crippen LogP contribution in [0.25, 0.3) is 22.3 Å². The second-order valence-electron chi connectivity index (χ2n) is 14.3. The van der Waals surface area contributed by atoms with Gasteiger partial charge in [-0.2, -0.15) is 22.0 Å². The predicted octanol–water partition coefficient (Wildman–Crippen LogP) is 7.98. The molecule has 2 N–H and O–H groups in total. The van der Waals surface area contributed by atoms with Crippen molar-refractivity contribution < 1.29 is 36.6 Å². The fraction of sp³-hybridized carbons (Fsp3) is 0.273. The summed E-state index contributed by atoms with van der Waals surface area (Å²) < 4.78 is 73.6. The maximum Gasteiger partial charge on any atom is 0.306 e. The molecule has 1 atom stereocenters. The molecule has 60 heavy (non-hydrogen) atoms. The molecule has 4 aromatic carbocycles. The molecule has 0 saturated heterocycles. The summed E-state index contributed by atoms with van der Waals surface area (Å²) in [6.07, 6.45) is 4.39. The van der Waals surface area contributed by atoms with Crippen molar-refractivity contribution in [3.8, 4) is 22.9 Å². The number of rotatable bonds is 18. The molecule has 7 aromatic rings. The van der Waals surface area contributed by atoms with Crippen LogP contribution < -0.4 is 4.74 Å². The van der Waals surface area contributed by atoms with E-state index in [4.69, 9.17) is 19.6 Å². The van der Waals surface area contributed by atoms with Crippen LogP contribution in [0.2, 0.25) is 0 Å². The van der Waals surface area contributed by atoms with Crippen molar-refractivity contribution in [1.29, 1.82) is 0 Å². The van der Waals surface area contributed by atoms with E-state index in [0.29, 0.717) is 53.4 Å². The van der Waals surface area contributed by atoms with Crippen LogP contribution in [0.5, 0.6) is 11.5 Å². The van der Waals surface area contributed by atoms with Gasteiger partial charge in [0.2, 0.25) is 0 Å². The van der Waals surface area contributed by atoms with Crippen LogP contribution in [-0.2, 0) is 44.9 Å². The lowest BCUT2D eigenvalue weighted by Gasteiger charge is -2.28. The number of thioether (sulfide) groups is 1. The number of aliphatic hydroxyl groups excluding tert-OH is 1. The highest BCUT2D eigenvalue weighted by Gasteiger charge is 2.35. The standard InChI is InChI=1S/C44H44F2N6O6S2/c1-4-57-40(54)16-13-29-9-8-10-30(25-29)44(2,19-23-59-24-22-53)43-48-42(51(3)50-43)36-27-32(14-15-37(36)45)58-41-35(26-31-17-20-47-49-31)34-18-21-52(39(34)28-38(41)46)60(55,56)33-11-6-5-7-12-33/h5-12,14-15,17-18,20-21,25,27-28,53H,4,13,16,19,22-24,26H2,1-3H3,(H,47,49). The first-order valence-electron chi connectivity index (χ1n) is 19.4. The molecule has 12 nitrogen and oxygen atoms in total. The highest BCUT2D eigenvalue weighted by atomic mass is 32.2. The van der Waals surface area contributed by atoms with Crippen LogP contribution >= 0.6 is 11.8 Å². The summed E-state index contributed by atoms with van der Waals surface area (Å²) >= 11 is 1.59. The van der Waals surface area contributed by atoms with E-state index in [1.807, 2.05) is 31.2 Å². The second kappa shape index (κ2) is 18.2. The first kappa shape index (κ1) is 42.3. The lowest BCUT2D eigenvalue weighted by molar-refractivity contribution is -0.143. The van der Waals surface area contributed by atoms with Gasteiger partial charge in [0, 0.05) is 55.1 Å². The number of carbonyl (C=O) groups excluding carboxylic acids is 1. The maximum absolute atomic E-state index is 16.4. The fourth-order valence-corrected chi connectivity index (χ4v) is 9.38. The van der Waals surface area contributed by atoms with Gasteiger partial charge in [0.25, 0.3) is 10.0 Å². The average molecular weight is 855 g/mol. The van der Waals surface area contributed by atoms with Gasteiger partial charge < -0.3 is 14.6 Å². The molecule has 3 heterocycles. The number of benzene rings is 4. The minimum absolute atomic E-state index is 0.0412. The monoisotopic (exact) mass is 854 g/mol. The van der Waals surface area contributed by atoms with Gasteiger partial charge in [-0.15, -0.1) is 0 Å². The van der Waals surface area contributed by atoms with Gasteiger partial charge in [-0.05, 0) is 86.0 Å². The Labute approximate surface area is 350 Å². The van der Waals surface area contributed by atoms with Crippen LogP contribution in [-0.4, -0.2) is 73.1 Å². The highest BCUT2D eigenvalue weighted by Crippen LogP contribution is 2.40. The number of carbonyl (C=O) groups is 1. The van der Waals surface area contributed by atoms with Crippen molar-refractivity contribution in [2.75, 3.05) is 24.7 Å². The highest BCUT2D eigenvalue weighted by molar-refractivity contribution is 7.99. The van der Waals surface area contributed by atoms with E-state index in [0.717, 1.165) is 21.2 Å². The molecule has 7 rings (SSSR count). The number of aryl methyl sites for hydroxylation is 2. The topological polar surface area (TPSA) is 154 Å². The number of fused-ring (bicyclic) bond motifs is 1. The normalized spacial score (nSPS) is 12.8. The third kappa shape index (κ3) is 8.86. The molecule has 0 amide bonds. The van der Waals surface area contributed by atoms with E-state index < -0.39 is 27.1 Å². The summed E-state index contributed by atoms with van der Waals surface area (Å²) in [5.41, 5.74) is 2.15. The molecule has 16 heteroatoms. The summed E-state index contributed by atoms with van der Waals surface area (Å²) in [5, 5.41) is 21.7. The molecule has 0 fully saturated rings. The van der Waals surface area contributed by atoms with Crippen molar-refractivity contribution in [3.63, 3.8) is 0 Å². The number of aliphatic hydroxyl groups is 1. The molecule has 0 spiro atoms. The van der Waals surface area contributed by atoms with Gasteiger partial charge in [0.1, 0.15) is 11.6 Å². The van der Waals surface area contributed by atoms with E-state index in [9.17, 15) is 18.3 Å². The number of H-pyrrole nitrogens is 1. The number of esters is 1. The Hall–Kier alpha value is -5.84. The summed E-state index contributed by atoms with van der Waals surface area (Å²) in [4.78, 5) is 17.1. The van der Waals surface area contributed by atoms with Gasteiger partial charge in [-0.25, -0.2) is 30.8 Å². The van der Waals surface area contributed by atoms with E-state index in [2.05, 4.69) is 10.2 Å². The Morgan fingerprint density at radius 1 is 0.983 bits per heavy atom. The first-order chi connectivity index (χ1) is 28.9. The van der Waals surface area contributed by atoms with Crippen molar-refractivity contribution in [1.82, 2.24) is 28.9 Å². The molecule has 0 aliphatic heterocycles. The average Bonchev–Trinajstić information content (AvgIpc) is 4.02. The molecule has 0 aliphatic rings. The molecule has 312 valence electrons. The third-order valence-electron chi connectivity index (χ3n) is 10.3. The Balaban J connectivity index is 1.26. The van der Waals surface area contributed by atoms with Crippen LogP contribution in [0.15, 0.2) is 108 Å². The number of hydrogen-bond donors (Lipinski definition) is 2. The smallest absolute Gasteiger partial charge is 0.306 e. The van der Waals surface area contributed by atoms with Crippen molar-refractivity contribution in [3.05, 3.63) is 143 Å². The number of nitrogens with zero attached hydrogens (tertiary/aromatic N) is 5. The molecule has 3 aromatic heterocycles. The number of ether oxygens (including phenoxy) is 2. The Morgan fingerprint density at radius 2 is 1.80 bits per heavy atom. The molecular formula is C44H44F2N6O6S2. The fourth-order valence-electron chi connectivity index (χ4n) is 7.13. The zero-order valence-electron chi connectivity index (χ0n) is 33.3. The maximum atomic E-state index is 16.4. The summed E-state index contributed by atoms with van der Waals surface area (Å²) in [6, 6.07) is 24.2. The lowest BCUT2D eigenvalue weighted by atomic mass is 9.78. The van der Waals surface area contributed by atoms with E-state index in [1.165, 1.54) is 41.2 Å². The van der Waals surface area contributed by atoms with E-state index in [-0.39, 0.29) is 58.7 Å². The van der Waals surface area contributed by atoms with E-state index >= 15 is 8.78 Å². The number of aromatic nitrogens is 6. The first-order valence-corrected chi connectivity index (χ1v) is 22.0. The lowest BCUT2D eigenvalue weighted by Crippen LogP contribution is -2.27. The molecule has 0 saturated carbocycles. The van der Waals surface area contributed by atoms with E-state index in [1.54, 1.807) is 62.3 Å². The predicted molar refractivity (Wildman–Crippen MR) is 226 cm³/mol. The van der Waals surface area contributed by atoms with Crippen molar-refractivity contribution in [2.24, 2.45) is 7.05 Å². The van der Waals surface area contributed by atoms with Gasteiger partial charge in [-0.1, -0.05) is 42.5 Å². The Kier molecular flexibility index (Phi) is 12.8. The zero-order valence-corrected chi connectivity index (χ0v) is 34.9. The van der Waals surface area contributed by atoms with Gasteiger partial charge in [-0.3, -0.25) is 9.89 Å². The van der Waals surface area contributed by atoms with Crippen LogP contribution in [0.4, 0.5) is 8.78 Å². The molecule has 0 bridgehead atoms. The summed E-state index contributed by atoms with van der Waals surface area (Å²) in [7, 11) is -2.41. The minimum Gasteiger partial charge on any atom is -0.466 e. The van der Waals surface area contributed by atoms with Crippen molar-refractivity contribution in [2.45, 2.75) is 49.8 Å². The largest absolute Gasteiger partial charge is 0.466 e. The number of hydrogen-bond acceptors (Lipinski definition) is 10. The van der Waals surface area contributed by atoms with Gasteiger partial charge >= 0.3 is 5.97 Å². The molecule has 0 radical (unpaired) electrons. The third-order valence-corrected chi connectivity index (χ3v) is 13.0. The summed E-state index contributed by atoms with van der Waals surface area (Å²) in [5.74, 6) is 0.0861. The number of aromatic amines is 1. The van der Waals surface area contributed by atoms with Gasteiger partial charge in [0.15, 0.2) is 23.2 Å². The summed E-state index contributed by atoms with van der Waals surface area (Å²) in [6.45, 7) is 4.14. The quantitative estimate of drug-likeness (QED) is 0.0642. The second-order valence-corrected chi connectivity index (χ2v) is 17.4. The number of halogens is 2. The van der Waals surface area contributed by atoms with Crippen LogP contribution in [0.1, 0.15) is 54.9 Å². The van der Waals surface area contributed by atoms with Crippen LogP contribution in [0.3, 0.4) is 0 Å². The van der Waals surface area contributed by atoms with Crippen molar-refractivity contribution >= 4 is 38.7 Å².